The molecule has 1 heterocycles. The highest BCUT2D eigenvalue weighted by Gasteiger charge is 2.35. The van der Waals surface area contributed by atoms with E-state index in [9.17, 15) is 21.6 Å². The molecular formula is C16H11BrF3N3O2S. The highest BCUT2D eigenvalue weighted by atomic mass is 79.9. The van der Waals surface area contributed by atoms with E-state index in [2.05, 4.69) is 21.0 Å². The molecule has 136 valence electrons. The van der Waals surface area contributed by atoms with Gasteiger partial charge in [-0.3, -0.25) is 0 Å². The number of aromatic nitrogens is 2. The summed E-state index contributed by atoms with van der Waals surface area (Å²) in [5.74, 6) is 0. The van der Waals surface area contributed by atoms with Crippen LogP contribution < -0.4 is 5.14 Å². The molecule has 0 saturated heterocycles. The fourth-order valence-corrected chi connectivity index (χ4v) is 3.26. The molecule has 0 aliphatic carbocycles. The normalized spacial score (nSPS) is 12.3. The Morgan fingerprint density at radius 3 is 2.23 bits per heavy atom. The molecule has 0 radical (unpaired) electrons. The third-order valence-electron chi connectivity index (χ3n) is 3.53. The van der Waals surface area contributed by atoms with Gasteiger partial charge in [0.1, 0.15) is 0 Å². The Bertz CT molecular complexity index is 1060. The highest BCUT2D eigenvalue weighted by molar-refractivity contribution is 9.10. The number of halogens is 4. The van der Waals surface area contributed by atoms with Gasteiger partial charge >= 0.3 is 6.18 Å². The standard InChI is InChI=1S/C16H11BrF3N3O2S/c17-11-3-1-2-10(8-11)14-9-15(16(18,19)20)22-23(14)12-4-6-13(7-5-12)26(21,24)25/h1-9H,(H2,21,24,25). The maximum Gasteiger partial charge on any atom is 0.435 e. The number of sulfonamides is 1. The molecule has 0 saturated carbocycles. The first kappa shape index (κ1) is 18.6. The lowest BCUT2D eigenvalue weighted by Gasteiger charge is -2.09. The van der Waals surface area contributed by atoms with Crippen LogP contribution in [0.3, 0.4) is 0 Å². The maximum atomic E-state index is 13.1. The van der Waals surface area contributed by atoms with Crippen LogP contribution in [-0.4, -0.2) is 18.2 Å². The lowest BCUT2D eigenvalue weighted by molar-refractivity contribution is -0.141. The number of rotatable bonds is 3. The van der Waals surface area contributed by atoms with Gasteiger partial charge in [0.25, 0.3) is 0 Å². The first-order valence-electron chi connectivity index (χ1n) is 7.12. The lowest BCUT2D eigenvalue weighted by atomic mass is 10.1. The minimum absolute atomic E-state index is 0.145. The smallest absolute Gasteiger partial charge is 0.233 e. The van der Waals surface area contributed by atoms with Crippen molar-refractivity contribution in [1.29, 1.82) is 0 Å². The fourth-order valence-electron chi connectivity index (χ4n) is 2.35. The maximum absolute atomic E-state index is 13.1. The third-order valence-corrected chi connectivity index (χ3v) is 4.95. The summed E-state index contributed by atoms with van der Waals surface area (Å²) in [5, 5.41) is 8.69. The van der Waals surface area contributed by atoms with Crippen molar-refractivity contribution in [1.82, 2.24) is 9.78 Å². The lowest BCUT2D eigenvalue weighted by Crippen LogP contribution is -2.12. The van der Waals surface area contributed by atoms with Crippen molar-refractivity contribution < 1.29 is 21.6 Å². The highest BCUT2D eigenvalue weighted by Crippen LogP contribution is 2.34. The first-order valence-corrected chi connectivity index (χ1v) is 9.46. The number of nitrogens with two attached hydrogens (primary N) is 1. The molecule has 0 bridgehead atoms. The molecular weight excluding hydrogens is 435 g/mol. The third kappa shape index (κ3) is 3.81. The second-order valence-corrected chi connectivity index (χ2v) is 7.85. The van der Waals surface area contributed by atoms with Gasteiger partial charge < -0.3 is 0 Å². The molecule has 5 nitrogen and oxygen atoms in total. The quantitative estimate of drug-likeness (QED) is 0.662. The van der Waals surface area contributed by atoms with E-state index in [1.807, 2.05) is 0 Å². The van der Waals surface area contributed by atoms with Crippen LogP contribution in [-0.2, 0) is 16.2 Å². The Balaban J connectivity index is 2.18. The molecule has 0 aliphatic heterocycles. The predicted octanol–water partition coefficient (Wildman–Crippen LogP) is 3.97. The van der Waals surface area contributed by atoms with Gasteiger partial charge in [0.2, 0.25) is 10.0 Å². The number of hydrogen-bond acceptors (Lipinski definition) is 3. The summed E-state index contributed by atoms with van der Waals surface area (Å²) in [6.07, 6.45) is -4.62. The van der Waals surface area contributed by atoms with Gasteiger partial charge in [-0.25, -0.2) is 18.2 Å². The second kappa shape index (κ2) is 6.53. The largest absolute Gasteiger partial charge is 0.435 e. The molecule has 0 fully saturated rings. The van der Waals surface area contributed by atoms with Gasteiger partial charge in [0.15, 0.2) is 5.69 Å². The summed E-state index contributed by atoms with van der Waals surface area (Å²) in [6.45, 7) is 0. The summed E-state index contributed by atoms with van der Waals surface area (Å²) in [4.78, 5) is -0.145. The number of alkyl halides is 3. The van der Waals surface area contributed by atoms with Crippen molar-refractivity contribution in [3.63, 3.8) is 0 Å². The van der Waals surface area contributed by atoms with Crippen molar-refractivity contribution in [3.05, 3.63) is 64.8 Å². The summed E-state index contributed by atoms with van der Waals surface area (Å²) < 4.78 is 63.9. The van der Waals surface area contributed by atoms with E-state index in [4.69, 9.17) is 5.14 Å². The van der Waals surface area contributed by atoms with E-state index < -0.39 is 21.9 Å². The van der Waals surface area contributed by atoms with E-state index in [1.54, 1.807) is 24.3 Å². The zero-order valence-corrected chi connectivity index (χ0v) is 15.3. The topological polar surface area (TPSA) is 78.0 Å². The molecule has 0 unspecified atom stereocenters. The van der Waals surface area contributed by atoms with Crippen LogP contribution in [0.15, 0.2) is 64.0 Å². The van der Waals surface area contributed by atoms with Crippen LogP contribution >= 0.6 is 15.9 Å². The van der Waals surface area contributed by atoms with Crippen LogP contribution in [0.25, 0.3) is 16.9 Å². The molecule has 2 N–H and O–H groups in total. The summed E-state index contributed by atoms with van der Waals surface area (Å²) in [5.41, 5.74) is -0.0641. The molecule has 3 rings (SSSR count). The predicted molar refractivity (Wildman–Crippen MR) is 93.1 cm³/mol. The minimum atomic E-state index is -4.62. The second-order valence-electron chi connectivity index (χ2n) is 5.37. The summed E-state index contributed by atoms with van der Waals surface area (Å²) in [6, 6.07) is 12.8. The van der Waals surface area contributed by atoms with Crippen molar-refractivity contribution in [2.24, 2.45) is 5.14 Å². The van der Waals surface area contributed by atoms with Crippen LogP contribution in [0.4, 0.5) is 13.2 Å². The van der Waals surface area contributed by atoms with E-state index in [0.717, 1.165) is 10.7 Å². The van der Waals surface area contributed by atoms with Crippen molar-refractivity contribution >= 4 is 26.0 Å². The van der Waals surface area contributed by atoms with Crippen LogP contribution in [0.5, 0.6) is 0 Å². The molecule has 3 aromatic rings. The van der Waals surface area contributed by atoms with E-state index >= 15 is 0 Å². The van der Waals surface area contributed by atoms with Crippen molar-refractivity contribution in [2.45, 2.75) is 11.1 Å². The Kier molecular flexibility index (Phi) is 4.67. The first-order chi connectivity index (χ1) is 12.1. The van der Waals surface area contributed by atoms with Gasteiger partial charge in [-0.2, -0.15) is 18.3 Å². The van der Waals surface area contributed by atoms with Gasteiger partial charge in [-0.05, 0) is 42.5 Å². The summed E-state index contributed by atoms with van der Waals surface area (Å²) >= 11 is 3.29. The molecule has 1 aromatic heterocycles. The minimum Gasteiger partial charge on any atom is -0.233 e. The number of hydrogen-bond donors (Lipinski definition) is 1. The molecule has 0 spiro atoms. The number of nitrogens with zero attached hydrogens (tertiary/aromatic N) is 2. The van der Waals surface area contributed by atoms with Crippen LogP contribution in [0.2, 0.25) is 0 Å². The SMILES string of the molecule is NS(=O)(=O)c1ccc(-n2nc(C(F)(F)F)cc2-c2cccc(Br)c2)cc1. The zero-order valence-electron chi connectivity index (χ0n) is 12.9. The fraction of sp³-hybridized carbons (Fsp3) is 0.0625. The molecule has 2 aromatic carbocycles. The Morgan fingerprint density at radius 2 is 1.69 bits per heavy atom. The Morgan fingerprint density at radius 1 is 1.04 bits per heavy atom. The van der Waals surface area contributed by atoms with Crippen LogP contribution in [0, 0.1) is 0 Å². The zero-order chi connectivity index (χ0) is 19.1. The number of primary sulfonamides is 1. The van der Waals surface area contributed by atoms with Crippen molar-refractivity contribution in [2.75, 3.05) is 0 Å². The Hall–Kier alpha value is -2.17. The van der Waals surface area contributed by atoms with Gasteiger partial charge in [-0.15, -0.1) is 0 Å². The van der Waals surface area contributed by atoms with Gasteiger partial charge in [-0.1, -0.05) is 28.1 Å². The van der Waals surface area contributed by atoms with E-state index in [-0.39, 0.29) is 16.3 Å². The van der Waals surface area contributed by atoms with Crippen LogP contribution in [0.1, 0.15) is 5.69 Å². The monoisotopic (exact) mass is 445 g/mol. The van der Waals surface area contributed by atoms with Gasteiger partial charge in [0.05, 0.1) is 16.3 Å². The van der Waals surface area contributed by atoms with Gasteiger partial charge in [0, 0.05) is 10.0 Å². The van der Waals surface area contributed by atoms with Crippen molar-refractivity contribution in [3.8, 4) is 16.9 Å². The molecule has 0 atom stereocenters. The average molecular weight is 446 g/mol. The molecule has 0 aliphatic rings. The molecule has 26 heavy (non-hydrogen) atoms. The summed E-state index contributed by atoms with van der Waals surface area (Å²) in [7, 11) is -3.90. The molecule has 10 heteroatoms. The Labute approximate surface area is 155 Å². The van der Waals surface area contributed by atoms with E-state index in [1.165, 1.54) is 24.3 Å². The average Bonchev–Trinajstić information content (AvgIpc) is 3.00. The van der Waals surface area contributed by atoms with E-state index in [0.29, 0.717) is 10.0 Å². The molecule has 0 amide bonds. The number of benzene rings is 2.